The minimum absolute atomic E-state index is 0.111. The molecule has 0 saturated heterocycles. The van der Waals surface area contributed by atoms with E-state index in [1.165, 1.54) is 31.2 Å². The molecule has 0 spiro atoms. The third kappa shape index (κ3) is 3.11. The molecule has 0 bridgehead atoms. The first-order chi connectivity index (χ1) is 10.0. The largest absolute Gasteiger partial charge is 0.274 e. The summed E-state index contributed by atoms with van der Waals surface area (Å²) in [5.74, 6) is -0.951. The summed E-state index contributed by atoms with van der Waals surface area (Å²) in [7, 11) is 0. The van der Waals surface area contributed by atoms with E-state index in [0.717, 1.165) is 4.90 Å². The first kappa shape index (κ1) is 14.4. The van der Waals surface area contributed by atoms with Crippen molar-refractivity contribution in [3.63, 3.8) is 0 Å². The topological polar surface area (TPSA) is 80.5 Å². The molecule has 2 amide bonds. The number of hydrogen-bond acceptors (Lipinski definition) is 4. The molecule has 0 aromatic heterocycles. The van der Waals surface area contributed by atoms with Crippen molar-refractivity contribution in [3.8, 4) is 0 Å². The SMILES string of the molecule is CC(=O)N(C(=O)c1ccc([N+](=O)[O-])cc1)c1ccccc1. The van der Waals surface area contributed by atoms with Gasteiger partial charge in [-0.1, -0.05) is 18.2 Å². The Morgan fingerprint density at radius 1 is 1.00 bits per heavy atom. The summed E-state index contributed by atoms with van der Waals surface area (Å²) in [4.78, 5) is 35.2. The summed E-state index contributed by atoms with van der Waals surface area (Å²) in [5.41, 5.74) is 0.550. The fourth-order valence-corrected chi connectivity index (χ4v) is 1.87. The van der Waals surface area contributed by atoms with Gasteiger partial charge in [-0.25, -0.2) is 4.90 Å². The Morgan fingerprint density at radius 2 is 1.57 bits per heavy atom. The standard InChI is InChI=1S/C15H12N2O4/c1-11(18)16(13-5-3-2-4-6-13)15(19)12-7-9-14(10-8-12)17(20)21/h2-10H,1H3. The van der Waals surface area contributed by atoms with Crippen LogP contribution in [0.1, 0.15) is 17.3 Å². The van der Waals surface area contributed by atoms with Gasteiger partial charge in [-0.2, -0.15) is 0 Å². The number of para-hydroxylation sites is 1. The van der Waals surface area contributed by atoms with E-state index < -0.39 is 16.7 Å². The zero-order valence-corrected chi connectivity index (χ0v) is 11.2. The number of carbonyl (C=O) groups excluding carboxylic acids is 2. The molecule has 0 atom stereocenters. The molecule has 0 N–H and O–H groups in total. The number of non-ortho nitro benzene ring substituents is 1. The van der Waals surface area contributed by atoms with Crippen molar-refractivity contribution in [3.05, 3.63) is 70.3 Å². The van der Waals surface area contributed by atoms with Crippen LogP contribution in [0.4, 0.5) is 11.4 Å². The second-order valence-corrected chi connectivity index (χ2v) is 4.30. The number of hydrogen-bond donors (Lipinski definition) is 0. The monoisotopic (exact) mass is 284 g/mol. The lowest BCUT2D eigenvalue weighted by Crippen LogP contribution is -2.35. The molecule has 0 aliphatic carbocycles. The molecule has 106 valence electrons. The third-order valence-corrected chi connectivity index (χ3v) is 2.86. The molecule has 2 aromatic rings. The second kappa shape index (κ2) is 5.96. The highest BCUT2D eigenvalue weighted by atomic mass is 16.6. The van der Waals surface area contributed by atoms with E-state index in [1.54, 1.807) is 30.3 Å². The molecule has 0 heterocycles. The molecule has 0 saturated carbocycles. The van der Waals surface area contributed by atoms with E-state index in [-0.39, 0.29) is 11.3 Å². The lowest BCUT2D eigenvalue weighted by molar-refractivity contribution is -0.384. The van der Waals surface area contributed by atoms with Gasteiger partial charge < -0.3 is 0 Å². The van der Waals surface area contributed by atoms with Gasteiger partial charge >= 0.3 is 0 Å². The van der Waals surface area contributed by atoms with E-state index in [2.05, 4.69) is 0 Å². The van der Waals surface area contributed by atoms with Crippen molar-refractivity contribution in [1.82, 2.24) is 0 Å². The molecule has 6 heteroatoms. The minimum atomic E-state index is -0.547. The second-order valence-electron chi connectivity index (χ2n) is 4.30. The van der Waals surface area contributed by atoms with Crippen LogP contribution in [0.25, 0.3) is 0 Å². The van der Waals surface area contributed by atoms with E-state index in [4.69, 9.17) is 0 Å². The zero-order chi connectivity index (χ0) is 15.4. The molecule has 6 nitrogen and oxygen atoms in total. The van der Waals surface area contributed by atoms with Gasteiger partial charge in [-0.05, 0) is 24.3 Å². The number of benzene rings is 2. The van der Waals surface area contributed by atoms with Crippen molar-refractivity contribution in [1.29, 1.82) is 0 Å². The summed E-state index contributed by atoms with van der Waals surface area (Å²) in [6.07, 6.45) is 0. The van der Waals surface area contributed by atoms with Crippen LogP contribution in [0.3, 0.4) is 0 Å². The Hall–Kier alpha value is -3.02. The Balaban J connectivity index is 2.35. The fraction of sp³-hybridized carbons (Fsp3) is 0.0667. The number of amides is 2. The van der Waals surface area contributed by atoms with Gasteiger partial charge in [0.25, 0.3) is 11.6 Å². The molecule has 0 aliphatic rings. The molecule has 2 aromatic carbocycles. The first-order valence-corrected chi connectivity index (χ1v) is 6.15. The molecule has 0 unspecified atom stereocenters. The lowest BCUT2D eigenvalue weighted by Gasteiger charge is -2.19. The van der Waals surface area contributed by atoms with E-state index >= 15 is 0 Å². The van der Waals surface area contributed by atoms with E-state index in [1.807, 2.05) is 0 Å². The molecular weight excluding hydrogens is 272 g/mol. The van der Waals surface area contributed by atoms with Crippen molar-refractivity contribution in [2.24, 2.45) is 0 Å². The quantitative estimate of drug-likeness (QED) is 0.641. The fourth-order valence-electron chi connectivity index (χ4n) is 1.87. The maximum absolute atomic E-state index is 12.4. The van der Waals surface area contributed by atoms with Gasteiger partial charge in [0, 0.05) is 24.6 Å². The first-order valence-electron chi connectivity index (χ1n) is 6.15. The highest BCUT2D eigenvalue weighted by Gasteiger charge is 2.22. The van der Waals surface area contributed by atoms with Crippen molar-refractivity contribution < 1.29 is 14.5 Å². The molecule has 21 heavy (non-hydrogen) atoms. The van der Waals surface area contributed by atoms with Crippen LogP contribution in [0, 0.1) is 10.1 Å². The Morgan fingerprint density at radius 3 is 2.05 bits per heavy atom. The van der Waals surface area contributed by atoms with Gasteiger partial charge in [0.15, 0.2) is 0 Å². The minimum Gasteiger partial charge on any atom is -0.274 e. The molecule has 2 rings (SSSR count). The van der Waals surface area contributed by atoms with Crippen LogP contribution in [0.15, 0.2) is 54.6 Å². The number of nitrogens with zero attached hydrogens (tertiary/aromatic N) is 2. The lowest BCUT2D eigenvalue weighted by atomic mass is 10.1. The van der Waals surface area contributed by atoms with Gasteiger partial charge in [0.1, 0.15) is 0 Å². The maximum atomic E-state index is 12.4. The number of imide groups is 1. The van der Waals surface area contributed by atoms with Crippen LogP contribution in [0.5, 0.6) is 0 Å². The van der Waals surface area contributed by atoms with E-state index in [0.29, 0.717) is 5.69 Å². The van der Waals surface area contributed by atoms with Crippen molar-refractivity contribution in [2.45, 2.75) is 6.92 Å². The Kier molecular flexibility index (Phi) is 4.08. The maximum Gasteiger partial charge on any atom is 0.269 e. The average molecular weight is 284 g/mol. The molecule has 0 radical (unpaired) electrons. The van der Waals surface area contributed by atoms with Crippen LogP contribution >= 0.6 is 0 Å². The summed E-state index contributed by atoms with van der Waals surface area (Å²) >= 11 is 0. The molecular formula is C15H12N2O4. The highest BCUT2D eigenvalue weighted by Crippen LogP contribution is 2.19. The smallest absolute Gasteiger partial charge is 0.269 e. The summed E-state index contributed by atoms with van der Waals surface area (Å²) in [5, 5.41) is 10.6. The Labute approximate surface area is 120 Å². The van der Waals surface area contributed by atoms with Crippen LogP contribution < -0.4 is 4.90 Å². The summed E-state index contributed by atoms with van der Waals surface area (Å²) < 4.78 is 0. The predicted octanol–water partition coefficient (Wildman–Crippen LogP) is 2.79. The normalized spacial score (nSPS) is 9.95. The average Bonchev–Trinajstić information content (AvgIpc) is 2.48. The number of carbonyl (C=O) groups is 2. The predicted molar refractivity (Wildman–Crippen MR) is 77.0 cm³/mol. The third-order valence-electron chi connectivity index (χ3n) is 2.86. The van der Waals surface area contributed by atoms with Gasteiger partial charge in [-0.3, -0.25) is 19.7 Å². The van der Waals surface area contributed by atoms with Gasteiger partial charge in [-0.15, -0.1) is 0 Å². The molecule has 0 aliphatic heterocycles. The number of anilines is 1. The van der Waals surface area contributed by atoms with E-state index in [9.17, 15) is 19.7 Å². The number of nitro benzene ring substituents is 1. The van der Waals surface area contributed by atoms with Crippen LogP contribution in [0.2, 0.25) is 0 Å². The van der Waals surface area contributed by atoms with Crippen molar-refractivity contribution >= 4 is 23.2 Å². The summed E-state index contributed by atoms with van der Waals surface area (Å²) in [6.45, 7) is 1.29. The number of rotatable bonds is 3. The van der Waals surface area contributed by atoms with Gasteiger partial charge in [0.05, 0.1) is 10.6 Å². The zero-order valence-electron chi connectivity index (χ0n) is 11.2. The summed E-state index contributed by atoms with van der Waals surface area (Å²) in [6, 6.07) is 13.6. The molecule has 0 fully saturated rings. The van der Waals surface area contributed by atoms with Crippen LogP contribution in [-0.4, -0.2) is 16.7 Å². The number of nitro groups is 1. The Bertz CT molecular complexity index is 681. The highest BCUT2D eigenvalue weighted by molar-refractivity contribution is 6.20. The van der Waals surface area contributed by atoms with Gasteiger partial charge in [0.2, 0.25) is 5.91 Å². The van der Waals surface area contributed by atoms with Crippen LogP contribution in [-0.2, 0) is 4.79 Å². The van der Waals surface area contributed by atoms with Crippen molar-refractivity contribution in [2.75, 3.05) is 4.90 Å².